The molecule has 4 rings (SSSR count). The zero-order valence-corrected chi connectivity index (χ0v) is 14.0. The van der Waals surface area contributed by atoms with E-state index in [0.717, 1.165) is 22.0 Å². The van der Waals surface area contributed by atoms with E-state index in [2.05, 4.69) is 25.1 Å². The van der Waals surface area contributed by atoms with Gasteiger partial charge in [-0.05, 0) is 18.6 Å². The van der Waals surface area contributed by atoms with E-state index in [1.807, 2.05) is 19.1 Å². The fourth-order valence-corrected chi connectivity index (χ4v) is 3.29. The molecule has 1 aromatic carbocycles. The topological polar surface area (TPSA) is 136 Å². The molecule has 0 spiro atoms. The highest BCUT2D eigenvalue weighted by Gasteiger charge is 2.21. The number of nitrogens with one attached hydrogen (secondary N) is 1. The van der Waals surface area contributed by atoms with Gasteiger partial charge in [-0.1, -0.05) is 6.07 Å². The average molecular weight is 351 g/mol. The van der Waals surface area contributed by atoms with E-state index in [4.69, 9.17) is 11.5 Å². The molecule has 8 nitrogen and oxygen atoms in total. The predicted octanol–water partition coefficient (Wildman–Crippen LogP) is 2.13. The summed E-state index contributed by atoms with van der Waals surface area (Å²) in [5, 5.41) is 10.2. The lowest BCUT2D eigenvalue weighted by atomic mass is 9.99. The number of anilines is 1. The zero-order valence-electron chi connectivity index (χ0n) is 13.1. The Labute approximate surface area is 145 Å². The molecule has 0 unspecified atom stereocenters. The Bertz CT molecular complexity index is 1100. The van der Waals surface area contributed by atoms with E-state index < -0.39 is 5.91 Å². The zero-order chi connectivity index (χ0) is 17.6. The van der Waals surface area contributed by atoms with Crippen LogP contribution in [-0.4, -0.2) is 31.1 Å². The largest absolute Gasteiger partial charge is 0.395 e. The number of rotatable bonds is 3. The number of hydrogen-bond donors (Lipinski definition) is 3. The maximum Gasteiger partial charge on any atom is 0.269 e. The van der Waals surface area contributed by atoms with Gasteiger partial charge in [-0.2, -0.15) is 5.10 Å². The van der Waals surface area contributed by atoms with Crippen molar-refractivity contribution in [1.29, 1.82) is 0 Å². The Morgan fingerprint density at radius 2 is 2.12 bits per heavy atom. The van der Waals surface area contributed by atoms with Crippen molar-refractivity contribution in [3.05, 3.63) is 41.2 Å². The minimum absolute atomic E-state index is 0.0184. The molecule has 0 atom stereocenters. The van der Waals surface area contributed by atoms with Crippen molar-refractivity contribution in [2.45, 2.75) is 6.92 Å². The first-order valence-corrected chi connectivity index (χ1v) is 8.24. The number of nitrogens with two attached hydrogens (primary N) is 2. The summed E-state index contributed by atoms with van der Waals surface area (Å²) < 4.78 is 0. The molecule has 25 heavy (non-hydrogen) atoms. The molecule has 0 saturated carbocycles. The second-order valence-electron chi connectivity index (χ2n) is 5.45. The van der Waals surface area contributed by atoms with Crippen LogP contribution >= 0.6 is 11.3 Å². The summed E-state index contributed by atoms with van der Waals surface area (Å²) in [7, 11) is 0. The maximum atomic E-state index is 11.8. The lowest BCUT2D eigenvalue weighted by Crippen LogP contribution is -2.18. The van der Waals surface area contributed by atoms with Gasteiger partial charge in [-0.3, -0.25) is 9.89 Å². The standard InChI is InChI=1S/C16H13N7OS/c1-7-2-3-9-8(6-20-23-9)10(7)12-11(17)13(14(18)24)22-15(21-12)16-19-4-5-25-16/h2-6H,17H2,1H3,(H2,18,24)(H,20,23). The Kier molecular flexibility index (Phi) is 3.43. The van der Waals surface area contributed by atoms with Crippen LogP contribution in [0.1, 0.15) is 16.1 Å². The first-order valence-electron chi connectivity index (χ1n) is 7.36. The van der Waals surface area contributed by atoms with Gasteiger partial charge in [0, 0.05) is 22.5 Å². The Hall–Kier alpha value is -3.33. The molecule has 0 aliphatic rings. The number of primary amides is 1. The molecule has 5 N–H and O–H groups in total. The molecule has 1 amide bonds. The van der Waals surface area contributed by atoms with Crippen LogP contribution in [-0.2, 0) is 0 Å². The molecule has 0 aliphatic carbocycles. The number of aromatic nitrogens is 5. The number of carbonyl (C=O) groups is 1. The van der Waals surface area contributed by atoms with Crippen LogP contribution < -0.4 is 11.5 Å². The van der Waals surface area contributed by atoms with Gasteiger partial charge in [0.05, 0.1) is 23.1 Å². The summed E-state index contributed by atoms with van der Waals surface area (Å²) in [6.07, 6.45) is 3.34. The van der Waals surface area contributed by atoms with E-state index >= 15 is 0 Å². The molecule has 0 bridgehead atoms. The van der Waals surface area contributed by atoms with Crippen LogP contribution in [0.2, 0.25) is 0 Å². The molecule has 0 fully saturated rings. The lowest BCUT2D eigenvalue weighted by Gasteiger charge is -2.12. The lowest BCUT2D eigenvalue weighted by molar-refractivity contribution is 0.0996. The Morgan fingerprint density at radius 1 is 1.28 bits per heavy atom. The molecule has 9 heteroatoms. The predicted molar refractivity (Wildman–Crippen MR) is 95.9 cm³/mol. The highest BCUT2D eigenvalue weighted by Crippen LogP contribution is 2.35. The van der Waals surface area contributed by atoms with Gasteiger partial charge in [0.2, 0.25) is 0 Å². The van der Waals surface area contributed by atoms with Crippen LogP contribution in [0.4, 0.5) is 5.69 Å². The van der Waals surface area contributed by atoms with Crippen molar-refractivity contribution < 1.29 is 4.79 Å². The Morgan fingerprint density at radius 3 is 2.84 bits per heavy atom. The van der Waals surface area contributed by atoms with Gasteiger partial charge >= 0.3 is 0 Å². The van der Waals surface area contributed by atoms with Crippen LogP contribution in [0.5, 0.6) is 0 Å². The molecule has 124 valence electrons. The third-order valence-electron chi connectivity index (χ3n) is 3.87. The van der Waals surface area contributed by atoms with Crippen molar-refractivity contribution in [3.63, 3.8) is 0 Å². The Balaban J connectivity index is 2.08. The molecule has 3 aromatic heterocycles. The second kappa shape index (κ2) is 5.64. The summed E-state index contributed by atoms with van der Waals surface area (Å²) in [5.74, 6) is -0.399. The van der Waals surface area contributed by atoms with E-state index in [1.54, 1.807) is 17.8 Å². The first-order chi connectivity index (χ1) is 12.1. The third-order valence-corrected chi connectivity index (χ3v) is 4.64. The number of aryl methyl sites for hydroxylation is 1. The number of nitrogens with zero attached hydrogens (tertiary/aromatic N) is 4. The summed E-state index contributed by atoms with van der Waals surface area (Å²) in [6, 6.07) is 3.86. The van der Waals surface area contributed by atoms with Crippen LogP contribution in [0.3, 0.4) is 0 Å². The number of hydrogen-bond acceptors (Lipinski definition) is 7. The molecular weight excluding hydrogens is 338 g/mol. The molecule has 0 radical (unpaired) electrons. The van der Waals surface area contributed by atoms with Crippen molar-refractivity contribution in [2.24, 2.45) is 5.73 Å². The quantitative estimate of drug-likeness (QED) is 0.517. The molecular formula is C16H13N7OS. The highest BCUT2D eigenvalue weighted by atomic mass is 32.1. The molecule has 0 saturated heterocycles. The van der Waals surface area contributed by atoms with Gasteiger partial charge in [-0.15, -0.1) is 11.3 Å². The second-order valence-corrected chi connectivity index (χ2v) is 6.34. The number of aromatic amines is 1. The van der Waals surface area contributed by atoms with E-state index in [-0.39, 0.29) is 11.4 Å². The third kappa shape index (κ3) is 2.41. The van der Waals surface area contributed by atoms with E-state index in [0.29, 0.717) is 16.5 Å². The average Bonchev–Trinajstić information content (AvgIpc) is 3.26. The van der Waals surface area contributed by atoms with Crippen LogP contribution in [0.25, 0.3) is 33.0 Å². The molecule has 0 aliphatic heterocycles. The van der Waals surface area contributed by atoms with Gasteiger partial charge in [0.15, 0.2) is 16.5 Å². The molecule has 3 heterocycles. The van der Waals surface area contributed by atoms with Crippen molar-refractivity contribution in [3.8, 4) is 22.1 Å². The smallest absolute Gasteiger partial charge is 0.269 e. The van der Waals surface area contributed by atoms with E-state index in [1.165, 1.54) is 11.3 Å². The fraction of sp³-hybridized carbons (Fsp3) is 0.0625. The monoisotopic (exact) mass is 351 g/mol. The summed E-state index contributed by atoms with van der Waals surface area (Å²) >= 11 is 1.37. The number of nitrogen functional groups attached to an aromatic ring is 1. The SMILES string of the molecule is Cc1ccc2[nH]ncc2c1-c1nc(-c2nccs2)nc(C(N)=O)c1N. The molecule has 4 aromatic rings. The van der Waals surface area contributed by atoms with Crippen molar-refractivity contribution >= 4 is 33.8 Å². The highest BCUT2D eigenvalue weighted by molar-refractivity contribution is 7.13. The van der Waals surface area contributed by atoms with Crippen molar-refractivity contribution in [1.82, 2.24) is 25.1 Å². The number of H-pyrrole nitrogens is 1. The van der Waals surface area contributed by atoms with Gasteiger partial charge in [0.25, 0.3) is 5.91 Å². The number of benzene rings is 1. The van der Waals surface area contributed by atoms with Gasteiger partial charge in [0.1, 0.15) is 0 Å². The minimum Gasteiger partial charge on any atom is -0.395 e. The maximum absolute atomic E-state index is 11.8. The number of fused-ring (bicyclic) bond motifs is 1. The summed E-state index contributed by atoms with van der Waals surface area (Å²) in [5.41, 5.74) is 14.8. The van der Waals surface area contributed by atoms with Crippen LogP contribution in [0, 0.1) is 6.92 Å². The summed E-state index contributed by atoms with van der Waals surface area (Å²) in [4.78, 5) is 24.8. The normalized spacial score (nSPS) is 11.1. The van der Waals surface area contributed by atoms with E-state index in [9.17, 15) is 4.79 Å². The van der Waals surface area contributed by atoms with Gasteiger partial charge in [-0.25, -0.2) is 15.0 Å². The first kappa shape index (κ1) is 15.2. The van der Waals surface area contributed by atoms with Crippen LogP contribution in [0.15, 0.2) is 29.9 Å². The number of thiazole rings is 1. The van der Waals surface area contributed by atoms with Crippen molar-refractivity contribution in [2.75, 3.05) is 5.73 Å². The summed E-state index contributed by atoms with van der Waals surface area (Å²) in [6.45, 7) is 1.94. The van der Waals surface area contributed by atoms with Gasteiger partial charge < -0.3 is 11.5 Å². The fourth-order valence-electron chi connectivity index (χ4n) is 2.72. The minimum atomic E-state index is -0.712. The number of amides is 1. The number of carbonyl (C=O) groups excluding carboxylic acids is 1.